The highest BCUT2D eigenvalue weighted by Gasteiger charge is 2.21. The predicted octanol–water partition coefficient (Wildman–Crippen LogP) is 4.69. The molecule has 1 aliphatic carbocycles. The number of aromatic nitrogens is 4. The van der Waals surface area contributed by atoms with Crippen molar-refractivity contribution in [3.8, 4) is 5.69 Å². The summed E-state index contributed by atoms with van der Waals surface area (Å²) in [7, 11) is 0. The molecule has 1 N–H and O–H groups in total. The topological polar surface area (TPSA) is 64.2 Å². The molecule has 142 valence electrons. The van der Waals surface area contributed by atoms with Gasteiger partial charge in [-0.2, -0.15) is 4.68 Å². The summed E-state index contributed by atoms with van der Waals surface area (Å²) in [6, 6.07) is 13.0. The second kappa shape index (κ2) is 6.79. The van der Waals surface area contributed by atoms with Gasteiger partial charge < -0.3 is 5.32 Å². The van der Waals surface area contributed by atoms with Gasteiger partial charge in [-0.05, 0) is 37.1 Å². The van der Waals surface area contributed by atoms with E-state index in [-0.39, 0.29) is 5.69 Å². The van der Waals surface area contributed by atoms with Crippen LogP contribution in [0.1, 0.15) is 25.7 Å². The van der Waals surface area contributed by atoms with E-state index >= 15 is 0 Å². The summed E-state index contributed by atoms with van der Waals surface area (Å²) in [6.07, 6.45) is 4.54. The molecule has 5 rings (SSSR count). The van der Waals surface area contributed by atoms with Crippen molar-refractivity contribution in [2.45, 2.75) is 31.7 Å². The van der Waals surface area contributed by atoms with Gasteiger partial charge in [0.2, 0.25) is 5.65 Å². The first kappa shape index (κ1) is 17.5. The number of anilines is 1. The van der Waals surface area contributed by atoms with Gasteiger partial charge in [0, 0.05) is 6.04 Å². The molecule has 6 nitrogen and oxygen atoms in total. The van der Waals surface area contributed by atoms with E-state index in [1.54, 1.807) is 16.5 Å². The van der Waals surface area contributed by atoms with Crippen LogP contribution < -0.4 is 11.0 Å². The Bertz CT molecular complexity index is 1240. The van der Waals surface area contributed by atoms with E-state index in [1.807, 2.05) is 30.3 Å². The summed E-state index contributed by atoms with van der Waals surface area (Å²) in [5.41, 5.74) is 2.06. The minimum absolute atomic E-state index is 0.276. The second-order valence-corrected chi connectivity index (χ2v) is 7.84. The highest BCUT2D eigenvalue weighted by molar-refractivity contribution is 6.42. The maximum absolute atomic E-state index is 13.3. The van der Waals surface area contributed by atoms with Crippen molar-refractivity contribution in [3.05, 3.63) is 63.0 Å². The fourth-order valence-corrected chi connectivity index (χ4v) is 4.12. The van der Waals surface area contributed by atoms with E-state index in [0.29, 0.717) is 44.3 Å². The Morgan fingerprint density at radius 1 is 1.04 bits per heavy atom. The largest absolute Gasteiger partial charge is 0.364 e. The van der Waals surface area contributed by atoms with Gasteiger partial charge >= 0.3 is 5.69 Å². The molecule has 0 saturated heterocycles. The van der Waals surface area contributed by atoms with E-state index in [1.165, 1.54) is 17.5 Å². The number of hydrogen-bond donors (Lipinski definition) is 1. The van der Waals surface area contributed by atoms with Crippen LogP contribution in [0.15, 0.2) is 47.3 Å². The standard InChI is InChI=1S/C20H17Cl2N5O/c21-14-10-16-17(11-15(14)22)26-19(18(24-16)23-12-6-4-5-7-12)25-27(20(26)28)13-8-2-1-3-9-13/h1-3,8-12H,4-7H2,(H,23,24). The van der Waals surface area contributed by atoms with Gasteiger partial charge in [0.15, 0.2) is 5.82 Å². The van der Waals surface area contributed by atoms with Gasteiger partial charge in [-0.25, -0.2) is 14.2 Å². The lowest BCUT2D eigenvalue weighted by atomic mass is 10.2. The minimum atomic E-state index is -0.276. The number of rotatable bonds is 3. The van der Waals surface area contributed by atoms with Crippen molar-refractivity contribution < 1.29 is 0 Å². The monoisotopic (exact) mass is 413 g/mol. The fourth-order valence-electron chi connectivity index (χ4n) is 3.80. The maximum Gasteiger partial charge on any atom is 0.355 e. The molecule has 28 heavy (non-hydrogen) atoms. The molecule has 0 atom stereocenters. The van der Waals surface area contributed by atoms with Gasteiger partial charge in [0.05, 0.1) is 26.8 Å². The number of fused-ring (bicyclic) bond motifs is 3. The lowest BCUT2D eigenvalue weighted by Gasteiger charge is -2.14. The molecule has 4 aromatic rings. The summed E-state index contributed by atoms with van der Waals surface area (Å²) >= 11 is 12.4. The van der Waals surface area contributed by atoms with Crippen LogP contribution in [0, 0.1) is 0 Å². The lowest BCUT2D eigenvalue weighted by Crippen LogP contribution is -2.21. The average Bonchev–Trinajstić information content (AvgIpc) is 3.32. The molecule has 8 heteroatoms. The summed E-state index contributed by atoms with van der Waals surface area (Å²) < 4.78 is 2.94. The third kappa shape index (κ3) is 2.84. The molecule has 0 unspecified atom stereocenters. The zero-order valence-corrected chi connectivity index (χ0v) is 16.4. The molecule has 2 heterocycles. The Balaban J connectivity index is 1.82. The minimum Gasteiger partial charge on any atom is -0.364 e. The SMILES string of the molecule is O=c1n(-c2ccccc2)nc2c(NC3CCCC3)nc3cc(Cl)c(Cl)cc3n12. The number of halogens is 2. The number of para-hydroxylation sites is 1. The maximum atomic E-state index is 13.3. The van der Waals surface area contributed by atoms with Crippen molar-refractivity contribution in [2.75, 3.05) is 5.32 Å². The molecule has 0 bridgehead atoms. The number of nitrogens with one attached hydrogen (secondary N) is 1. The second-order valence-electron chi connectivity index (χ2n) is 7.03. The van der Waals surface area contributed by atoms with E-state index in [2.05, 4.69) is 10.4 Å². The van der Waals surface area contributed by atoms with Gasteiger partial charge in [0.25, 0.3) is 0 Å². The van der Waals surface area contributed by atoms with Crippen LogP contribution in [-0.4, -0.2) is 25.2 Å². The molecule has 1 saturated carbocycles. The van der Waals surface area contributed by atoms with Crippen molar-refractivity contribution >= 4 is 45.7 Å². The Morgan fingerprint density at radius 3 is 2.50 bits per heavy atom. The van der Waals surface area contributed by atoms with Crippen molar-refractivity contribution in [1.29, 1.82) is 0 Å². The molecule has 0 spiro atoms. The molecule has 1 fully saturated rings. The third-order valence-electron chi connectivity index (χ3n) is 5.18. The van der Waals surface area contributed by atoms with Crippen molar-refractivity contribution in [3.63, 3.8) is 0 Å². The molecular weight excluding hydrogens is 397 g/mol. The highest BCUT2D eigenvalue weighted by Crippen LogP contribution is 2.30. The zero-order valence-electron chi connectivity index (χ0n) is 14.9. The van der Waals surface area contributed by atoms with Crippen LogP contribution in [0.2, 0.25) is 10.0 Å². The van der Waals surface area contributed by atoms with Gasteiger partial charge in [-0.1, -0.05) is 54.2 Å². The first-order valence-electron chi connectivity index (χ1n) is 9.24. The third-order valence-corrected chi connectivity index (χ3v) is 5.90. The van der Waals surface area contributed by atoms with Crippen LogP contribution in [0.25, 0.3) is 22.4 Å². The van der Waals surface area contributed by atoms with Crippen molar-refractivity contribution in [2.24, 2.45) is 0 Å². The summed E-state index contributed by atoms with van der Waals surface area (Å²) in [6.45, 7) is 0. The molecule has 0 aliphatic heterocycles. The first-order valence-corrected chi connectivity index (χ1v) is 10.00. The van der Waals surface area contributed by atoms with E-state index in [4.69, 9.17) is 28.2 Å². The Kier molecular flexibility index (Phi) is 4.25. The van der Waals surface area contributed by atoms with Crippen LogP contribution in [-0.2, 0) is 0 Å². The number of hydrogen-bond acceptors (Lipinski definition) is 4. The van der Waals surface area contributed by atoms with Gasteiger partial charge in [-0.3, -0.25) is 0 Å². The fraction of sp³-hybridized carbons (Fsp3) is 0.250. The van der Waals surface area contributed by atoms with Crippen LogP contribution in [0.4, 0.5) is 5.82 Å². The molecule has 2 aromatic carbocycles. The van der Waals surface area contributed by atoms with Crippen LogP contribution in [0.3, 0.4) is 0 Å². The van der Waals surface area contributed by atoms with Gasteiger partial charge in [-0.15, -0.1) is 5.10 Å². The summed E-state index contributed by atoms with van der Waals surface area (Å²) in [4.78, 5) is 18.0. The van der Waals surface area contributed by atoms with Crippen LogP contribution >= 0.6 is 23.2 Å². The average molecular weight is 414 g/mol. The Labute approximate surface area is 170 Å². The summed E-state index contributed by atoms with van der Waals surface area (Å²) in [5.74, 6) is 0.588. The van der Waals surface area contributed by atoms with Gasteiger partial charge in [0.1, 0.15) is 0 Å². The van der Waals surface area contributed by atoms with Crippen LogP contribution in [0.5, 0.6) is 0 Å². The smallest absolute Gasteiger partial charge is 0.355 e. The first-order chi connectivity index (χ1) is 13.6. The number of nitrogens with zero attached hydrogens (tertiary/aromatic N) is 4. The lowest BCUT2D eigenvalue weighted by molar-refractivity contribution is 0.751. The Hall–Kier alpha value is -2.57. The van der Waals surface area contributed by atoms with E-state index < -0.39 is 0 Å². The van der Waals surface area contributed by atoms with Crippen molar-refractivity contribution in [1.82, 2.24) is 19.2 Å². The molecule has 0 radical (unpaired) electrons. The molecule has 2 aromatic heterocycles. The quantitative estimate of drug-likeness (QED) is 0.528. The molecule has 0 amide bonds. The highest BCUT2D eigenvalue weighted by atomic mass is 35.5. The normalized spacial score (nSPS) is 14.9. The zero-order chi connectivity index (χ0) is 19.3. The molecular formula is C20H17Cl2N5O. The predicted molar refractivity (Wildman–Crippen MR) is 112 cm³/mol. The summed E-state index contributed by atoms with van der Waals surface area (Å²) in [5, 5.41) is 8.84. The Morgan fingerprint density at radius 2 is 1.75 bits per heavy atom. The number of benzene rings is 2. The van der Waals surface area contributed by atoms with E-state index in [9.17, 15) is 4.79 Å². The van der Waals surface area contributed by atoms with E-state index in [0.717, 1.165) is 12.8 Å². The molecule has 1 aliphatic rings.